The fraction of sp³-hybridized carbons (Fsp3) is 0.400. The summed E-state index contributed by atoms with van der Waals surface area (Å²) in [5.41, 5.74) is 2.57. The summed E-state index contributed by atoms with van der Waals surface area (Å²) in [6, 6.07) is 8.27. The lowest BCUT2D eigenvalue weighted by Crippen LogP contribution is -2.00. The lowest BCUT2D eigenvalue weighted by atomic mass is 10.0. The van der Waals surface area contributed by atoms with Gasteiger partial charge in [0.2, 0.25) is 0 Å². The van der Waals surface area contributed by atoms with Crippen molar-refractivity contribution in [3.63, 3.8) is 0 Å². The van der Waals surface area contributed by atoms with Crippen LogP contribution in [-0.2, 0) is 11.2 Å². The summed E-state index contributed by atoms with van der Waals surface area (Å²) in [5.74, 6) is 0.362. The second-order valence-electron chi connectivity index (χ2n) is 4.07. The Kier molecular flexibility index (Phi) is 5.55. The molecule has 0 spiro atoms. The van der Waals surface area contributed by atoms with E-state index in [9.17, 15) is 4.79 Å². The first-order valence-corrected chi connectivity index (χ1v) is 5.91. The van der Waals surface area contributed by atoms with E-state index >= 15 is 0 Å². The van der Waals surface area contributed by atoms with Crippen LogP contribution in [0.5, 0.6) is 0 Å². The van der Waals surface area contributed by atoms with Gasteiger partial charge in [0.05, 0.1) is 0 Å². The molecule has 1 aromatic carbocycles. The molecule has 16 heavy (non-hydrogen) atoms. The Hall–Kier alpha value is -1.37. The molecule has 0 bridgehead atoms. The van der Waals surface area contributed by atoms with Gasteiger partial charge in [-0.25, -0.2) is 0 Å². The van der Waals surface area contributed by atoms with Gasteiger partial charge >= 0.3 is 0 Å². The van der Waals surface area contributed by atoms with E-state index in [1.165, 1.54) is 11.1 Å². The molecule has 0 fully saturated rings. The minimum atomic E-state index is 0.362. The highest BCUT2D eigenvalue weighted by Gasteiger charge is 2.03. The molecule has 0 aliphatic carbocycles. The molecule has 0 aliphatic rings. The van der Waals surface area contributed by atoms with Crippen molar-refractivity contribution in [3.05, 3.63) is 47.5 Å². The van der Waals surface area contributed by atoms with Crippen LogP contribution in [0.25, 0.3) is 0 Å². The number of benzene rings is 1. The molecule has 1 nitrogen and oxygen atoms in total. The average molecular weight is 216 g/mol. The Labute approximate surface area is 98.2 Å². The number of hydrogen-bond acceptors (Lipinski definition) is 1. The summed E-state index contributed by atoms with van der Waals surface area (Å²) in [4.78, 5) is 11.6. The van der Waals surface area contributed by atoms with Gasteiger partial charge in [-0.3, -0.25) is 4.79 Å². The number of carbonyl (C=O) groups is 1. The van der Waals surface area contributed by atoms with Gasteiger partial charge in [0, 0.05) is 12.8 Å². The van der Waals surface area contributed by atoms with E-state index in [0.717, 1.165) is 12.8 Å². The molecule has 0 unspecified atom stereocenters. The second kappa shape index (κ2) is 7.00. The minimum absolute atomic E-state index is 0.362. The molecular formula is C15H20O. The topological polar surface area (TPSA) is 17.1 Å². The number of carbonyl (C=O) groups excluding carboxylic acids is 1. The van der Waals surface area contributed by atoms with E-state index in [1.807, 2.05) is 31.2 Å². The molecule has 0 saturated carbocycles. The van der Waals surface area contributed by atoms with Gasteiger partial charge in [0.1, 0.15) is 5.78 Å². The summed E-state index contributed by atoms with van der Waals surface area (Å²) < 4.78 is 0. The van der Waals surface area contributed by atoms with Crippen LogP contribution in [0.2, 0.25) is 0 Å². The zero-order valence-electron chi connectivity index (χ0n) is 10.2. The highest BCUT2D eigenvalue weighted by atomic mass is 16.1. The predicted octanol–water partition coefficient (Wildman–Crippen LogP) is 3.85. The summed E-state index contributed by atoms with van der Waals surface area (Å²) >= 11 is 0. The Morgan fingerprint density at radius 1 is 1.25 bits per heavy atom. The number of rotatable bonds is 6. The molecule has 0 N–H and O–H groups in total. The van der Waals surface area contributed by atoms with Crippen molar-refractivity contribution in [2.75, 3.05) is 0 Å². The Morgan fingerprint density at radius 3 is 2.69 bits per heavy atom. The van der Waals surface area contributed by atoms with Crippen molar-refractivity contribution in [2.45, 2.75) is 39.5 Å². The number of hydrogen-bond donors (Lipinski definition) is 0. The van der Waals surface area contributed by atoms with Crippen LogP contribution >= 0.6 is 0 Å². The second-order valence-corrected chi connectivity index (χ2v) is 4.07. The van der Waals surface area contributed by atoms with E-state index in [1.54, 1.807) is 0 Å². The lowest BCUT2D eigenvalue weighted by Gasteiger charge is -2.04. The standard InChI is InChI=1S/C15H20O/c1-3-4-5-10-15(16)12-11-14-9-7-6-8-13(14)2/h3-4,6-9H,5,10-12H2,1-2H3. The average Bonchev–Trinajstić information content (AvgIpc) is 2.28. The number of Topliss-reactive ketones (excluding diaryl/α,β-unsaturated/α-hetero) is 1. The molecule has 86 valence electrons. The largest absolute Gasteiger partial charge is 0.300 e. The van der Waals surface area contributed by atoms with Gasteiger partial charge in [-0.15, -0.1) is 0 Å². The Bertz CT molecular complexity index is 363. The number of allylic oxidation sites excluding steroid dienone is 2. The van der Waals surface area contributed by atoms with E-state index < -0.39 is 0 Å². The molecule has 1 aromatic rings. The van der Waals surface area contributed by atoms with Crippen LogP contribution in [-0.4, -0.2) is 5.78 Å². The van der Waals surface area contributed by atoms with E-state index in [0.29, 0.717) is 18.6 Å². The smallest absolute Gasteiger partial charge is 0.133 e. The van der Waals surface area contributed by atoms with Gasteiger partial charge in [-0.2, -0.15) is 0 Å². The van der Waals surface area contributed by atoms with E-state index in [4.69, 9.17) is 0 Å². The fourth-order valence-corrected chi connectivity index (χ4v) is 1.70. The molecule has 1 rings (SSSR count). The molecule has 0 amide bonds. The van der Waals surface area contributed by atoms with Crippen molar-refractivity contribution in [1.29, 1.82) is 0 Å². The van der Waals surface area contributed by atoms with Crippen LogP contribution < -0.4 is 0 Å². The molecule has 1 heteroatoms. The van der Waals surface area contributed by atoms with E-state index in [2.05, 4.69) is 19.1 Å². The van der Waals surface area contributed by atoms with Crippen molar-refractivity contribution in [3.8, 4) is 0 Å². The van der Waals surface area contributed by atoms with Crippen LogP contribution in [0.3, 0.4) is 0 Å². The summed E-state index contributed by atoms with van der Waals surface area (Å²) in [6.07, 6.45) is 7.14. The molecular weight excluding hydrogens is 196 g/mol. The predicted molar refractivity (Wildman–Crippen MR) is 68.6 cm³/mol. The first kappa shape index (κ1) is 12.7. The summed E-state index contributed by atoms with van der Waals surface area (Å²) in [6.45, 7) is 4.08. The number of aryl methyl sites for hydroxylation is 2. The van der Waals surface area contributed by atoms with Crippen molar-refractivity contribution < 1.29 is 4.79 Å². The quantitative estimate of drug-likeness (QED) is 0.660. The molecule has 0 radical (unpaired) electrons. The SMILES string of the molecule is CC=CCCC(=O)CCc1ccccc1C. The maximum Gasteiger partial charge on any atom is 0.133 e. The Balaban J connectivity index is 2.34. The van der Waals surface area contributed by atoms with Crippen molar-refractivity contribution in [2.24, 2.45) is 0 Å². The van der Waals surface area contributed by atoms with Crippen LogP contribution in [0.1, 0.15) is 37.3 Å². The monoisotopic (exact) mass is 216 g/mol. The highest BCUT2D eigenvalue weighted by molar-refractivity contribution is 5.78. The van der Waals surface area contributed by atoms with Crippen LogP contribution in [0.15, 0.2) is 36.4 Å². The third kappa shape index (κ3) is 4.43. The molecule has 0 aliphatic heterocycles. The van der Waals surface area contributed by atoms with Gasteiger partial charge in [0.15, 0.2) is 0 Å². The number of ketones is 1. The molecule has 0 heterocycles. The third-order valence-corrected chi connectivity index (χ3v) is 2.76. The molecule has 0 atom stereocenters. The highest BCUT2D eigenvalue weighted by Crippen LogP contribution is 2.10. The zero-order valence-corrected chi connectivity index (χ0v) is 10.2. The zero-order chi connectivity index (χ0) is 11.8. The molecule has 0 saturated heterocycles. The van der Waals surface area contributed by atoms with Crippen LogP contribution in [0, 0.1) is 6.92 Å². The maximum absolute atomic E-state index is 11.6. The minimum Gasteiger partial charge on any atom is -0.300 e. The Morgan fingerprint density at radius 2 is 2.00 bits per heavy atom. The first-order chi connectivity index (χ1) is 7.74. The summed E-state index contributed by atoms with van der Waals surface area (Å²) in [7, 11) is 0. The van der Waals surface area contributed by atoms with Crippen LogP contribution in [0.4, 0.5) is 0 Å². The summed E-state index contributed by atoms with van der Waals surface area (Å²) in [5, 5.41) is 0. The van der Waals surface area contributed by atoms with Gasteiger partial charge in [0.25, 0.3) is 0 Å². The van der Waals surface area contributed by atoms with Gasteiger partial charge < -0.3 is 0 Å². The van der Waals surface area contributed by atoms with Gasteiger partial charge in [-0.05, 0) is 37.8 Å². The van der Waals surface area contributed by atoms with E-state index in [-0.39, 0.29) is 0 Å². The van der Waals surface area contributed by atoms with Crippen molar-refractivity contribution >= 4 is 5.78 Å². The normalized spacial score (nSPS) is 10.9. The fourth-order valence-electron chi connectivity index (χ4n) is 1.70. The maximum atomic E-state index is 11.6. The first-order valence-electron chi connectivity index (χ1n) is 5.91. The molecule has 0 aromatic heterocycles. The third-order valence-electron chi connectivity index (χ3n) is 2.76. The van der Waals surface area contributed by atoms with Crippen molar-refractivity contribution in [1.82, 2.24) is 0 Å². The van der Waals surface area contributed by atoms with Gasteiger partial charge in [-0.1, -0.05) is 36.4 Å². The lowest BCUT2D eigenvalue weighted by molar-refractivity contribution is -0.118.